The van der Waals surface area contributed by atoms with Crippen LogP contribution in [0, 0.1) is 0 Å². The maximum atomic E-state index is 12.8. The molecule has 2 aromatic carbocycles. The molecule has 0 unspecified atom stereocenters. The minimum atomic E-state index is -0.0347. The van der Waals surface area contributed by atoms with Crippen molar-refractivity contribution in [1.82, 2.24) is 4.90 Å². The second-order valence-corrected chi connectivity index (χ2v) is 7.01. The number of carbonyl (C=O) groups excluding carboxylic acids is 1. The summed E-state index contributed by atoms with van der Waals surface area (Å²) >= 11 is 0. The van der Waals surface area contributed by atoms with Gasteiger partial charge in [-0.1, -0.05) is 30.3 Å². The lowest BCUT2D eigenvalue weighted by Gasteiger charge is -2.17. The number of aryl methyl sites for hydroxylation is 1. The summed E-state index contributed by atoms with van der Waals surface area (Å²) in [6.07, 6.45) is 1.00. The molecule has 2 N–H and O–H groups in total. The van der Waals surface area contributed by atoms with E-state index >= 15 is 0 Å². The molecule has 1 heterocycles. The molecule has 0 aromatic heterocycles. The van der Waals surface area contributed by atoms with Gasteiger partial charge in [0.05, 0.1) is 21.3 Å². The topological polar surface area (TPSA) is 74.0 Å². The Balaban J connectivity index is 0.00000300. The van der Waals surface area contributed by atoms with Gasteiger partial charge in [-0.05, 0) is 29.7 Å². The highest BCUT2D eigenvalue weighted by Crippen LogP contribution is 2.38. The summed E-state index contributed by atoms with van der Waals surface area (Å²) in [5.41, 5.74) is 8.47. The Morgan fingerprint density at radius 2 is 1.66 bits per heavy atom. The number of nitrogens with zero attached hydrogens (tertiary/aromatic N) is 1. The first-order valence-electron chi connectivity index (χ1n) is 9.44. The molecule has 1 aliphatic heterocycles. The second-order valence-electron chi connectivity index (χ2n) is 7.01. The van der Waals surface area contributed by atoms with Crippen LogP contribution in [0.2, 0.25) is 0 Å². The summed E-state index contributed by atoms with van der Waals surface area (Å²) in [5.74, 6) is 2.04. The van der Waals surface area contributed by atoms with E-state index in [9.17, 15) is 4.79 Å². The van der Waals surface area contributed by atoms with Crippen LogP contribution in [0.4, 0.5) is 0 Å². The molecule has 1 fully saturated rings. The lowest BCUT2D eigenvalue weighted by atomic mass is 9.95. The summed E-state index contributed by atoms with van der Waals surface area (Å²) in [7, 11) is 4.74. The quantitative estimate of drug-likeness (QED) is 0.745. The highest BCUT2D eigenvalue weighted by molar-refractivity contribution is 5.85. The molecule has 1 amide bonds. The molecule has 0 saturated carbocycles. The number of methoxy groups -OCH3 is 3. The van der Waals surface area contributed by atoms with Crippen LogP contribution in [0.25, 0.3) is 0 Å². The molecule has 1 saturated heterocycles. The molecule has 2 aromatic rings. The molecule has 158 valence electrons. The SMILES string of the molecule is COc1cc(CCC(=O)N2C[C@@H](N)[C@H](c3ccccc3)C2)cc(OC)c1OC.Cl. The molecule has 0 spiro atoms. The fraction of sp³-hybridized carbons (Fsp3) is 0.409. The summed E-state index contributed by atoms with van der Waals surface area (Å²) in [6.45, 7) is 1.26. The lowest BCUT2D eigenvalue weighted by molar-refractivity contribution is -0.130. The first-order valence-corrected chi connectivity index (χ1v) is 9.44. The molecular formula is C22H29ClN2O4. The molecule has 7 heteroatoms. The van der Waals surface area contributed by atoms with Gasteiger partial charge in [-0.15, -0.1) is 12.4 Å². The van der Waals surface area contributed by atoms with Crippen LogP contribution >= 0.6 is 12.4 Å². The van der Waals surface area contributed by atoms with E-state index in [2.05, 4.69) is 12.1 Å². The molecule has 0 aliphatic carbocycles. The predicted molar refractivity (Wildman–Crippen MR) is 115 cm³/mol. The summed E-state index contributed by atoms with van der Waals surface area (Å²) in [6, 6.07) is 13.9. The number of hydrogen-bond donors (Lipinski definition) is 1. The fourth-order valence-corrected chi connectivity index (χ4v) is 3.77. The number of nitrogens with two attached hydrogens (primary N) is 1. The molecule has 6 nitrogen and oxygen atoms in total. The lowest BCUT2D eigenvalue weighted by Crippen LogP contribution is -2.32. The number of rotatable bonds is 7. The van der Waals surface area contributed by atoms with E-state index in [-0.39, 0.29) is 30.3 Å². The van der Waals surface area contributed by atoms with Crippen molar-refractivity contribution in [1.29, 1.82) is 0 Å². The van der Waals surface area contributed by atoms with Crippen LogP contribution in [0.5, 0.6) is 17.2 Å². The van der Waals surface area contributed by atoms with E-state index in [1.165, 1.54) is 5.56 Å². The van der Waals surface area contributed by atoms with Crippen molar-refractivity contribution in [3.8, 4) is 17.2 Å². The zero-order valence-electron chi connectivity index (χ0n) is 17.1. The Bertz CT molecular complexity index is 791. The standard InChI is InChI=1S/C22H28N2O4.ClH/c1-26-19-11-15(12-20(27-2)22(19)28-3)9-10-21(25)24-13-17(18(23)14-24)16-7-5-4-6-8-16;/h4-8,11-12,17-18H,9-10,13-14,23H2,1-3H3;1H/t17-,18+;/m0./s1. The van der Waals surface area contributed by atoms with Crippen molar-refractivity contribution in [2.45, 2.75) is 24.8 Å². The molecule has 0 radical (unpaired) electrons. The van der Waals surface area contributed by atoms with Crippen molar-refractivity contribution in [3.05, 3.63) is 53.6 Å². The highest BCUT2D eigenvalue weighted by atomic mass is 35.5. The molecule has 3 rings (SSSR count). The normalized spacial score (nSPS) is 18.1. The monoisotopic (exact) mass is 420 g/mol. The van der Waals surface area contributed by atoms with Gasteiger partial charge < -0.3 is 24.8 Å². The van der Waals surface area contributed by atoms with Crippen molar-refractivity contribution in [2.75, 3.05) is 34.4 Å². The van der Waals surface area contributed by atoms with Crippen LogP contribution in [-0.2, 0) is 11.2 Å². The Labute approximate surface area is 178 Å². The summed E-state index contributed by atoms with van der Waals surface area (Å²) < 4.78 is 16.1. The average molecular weight is 421 g/mol. The van der Waals surface area contributed by atoms with Gasteiger partial charge in [0.1, 0.15) is 0 Å². The van der Waals surface area contributed by atoms with E-state index < -0.39 is 0 Å². The number of hydrogen-bond acceptors (Lipinski definition) is 5. The summed E-state index contributed by atoms with van der Waals surface area (Å²) in [4.78, 5) is 14.6. The van der Waals surface area contributed by atoms with E-state index in [0.717, 1.165) is 5.56 Å². The van der Waals surface area contributed by atoms with Gasteiger partial charge in [0, 0.05) is 31.5 Å². The van der Waals surface area contributed by atoms with Crippen molar-refractivity contribution < 1.29 is 19.0 Å². The second kappa shape index (κ2) is 10.4. The Morgan fingerprint density at radius 3 is 2.21 bits per heavy atom. The number of amides is 1. The molecule has 2 atom stereocenters. The summed E-state index contributed by atoms with van der Waals surface area (Å²) in [5, 5.41) is 0. The van der Waals surface area contributed by atoms with Crippen molar-refractivity contribution >= 4 is 18.3 Å². The van der Waals surface area contributed by atoms with E-state index in [0.29, 0.717) is 43.2 Å². The van der Waals surface area contributed by atoms with Crippen molar-refractivity contribution in [3.63, 3.8) is 0 Å². The zero-order chi connectivity index (χ0) is 20.1. The van der Waals surface area contributed by atoms with Gasteiger partial charge in [0.25, 0.3) is 0 Å². The van der Waals surface area contributed by atoms with Crippen LogP contribution in [0.3, 0.4) is 0 Å². The van der Waals surface area contributed by atoms with Gasteiger partial charge in [-0.3, -0.25) is 4.79 Å². The fourth-order valence-electron chi connectivity index (χ4n) is 3.77. The zero-order valence-corrected chi connectivity index (χ0v) is 17.9. The minimum absolute atomic E-state index is 0. The number of likely N-dealkylation sites (tertiary alicyclic amines) is 1. The first kappa shape index (κ1) is 22.8. The first-order chi connectivity index (χ1) is 13.6. The largest absolute Gasteiger partial charge is 0.493 e. The van der Waals surface area contributed by atoms with Crippen LogP contribution in [-0.4, -0.2) is 51.3 Å². The smallest absolute Gasteiger partial charge is 0.222 e. The minimum Gasteiger partial charge on any atom is -0.493 e. The number of carbonyl (C=O) groups is 1. The maximum Gasteiger partial charge on any atom is 0.222 e. The Kier molecular flexibility index (Phi) is 8.17. The van der Waals surface area contributed by atoms with E-state index in [1.807, 2.05) is 35.2 Å². The molecule has 0 bridgehead atoms. The maximum absolute atomic E-state index is 12.8. The Morgan fingerprint density at radius 1 is 1.03 bits per heavy atom. The van der Waals surface area contributed by atoms with Gasteiger partial charge in [0.15, 0.2) is 11.5 Å². The third-order valence-electron chi connectivity index (χ3n) is 5.30. The van der Waals surface area contributed by atoms with Gasteiger partial charge in [-0.25, -0.2) is 0 Å². The molecule has 1 aliphatic rings. The van der Waals surface area contributed by atoms with Crippen LogP contribution in [0.1, 0.15) is 23.5 Å². The molecular weight excluding hydrogens is 392 g/mol. The van der Waals surface area contributed by atoms with E-state index in [4.69, 9.17) is 19.9 Å². The third-order valence-corrected chi connectivity index (χ3v) is 5.30. The van der Waals surface area contributed by atoms with Gasteiger partial charge in [0.2, 0.25) is 11.7 Å². The average Bonchev–Trinajstić information content (AvgIpc) is 3.13. The predicted octanol–water partition coefficient (Wildman–Crippen LogP) is 3.02. The van der Waals surface area contributed by atoms with Crippen LogP contribution in [0.15, 0.2) is 42.5 Å². The highest BCUT2D eigenvalue weighted by Gasteiger charge is 2.33. The van der Waals surface area contributed by atoms with Gasteiger partial charge in [-0.2, -0.15) is 0 Å². The number of ether oxygens (including phenoxy) is 3. The van der Waals surface area contributed by atoms with Crippen molar-refractivity contribution in [2.24, 2.45) is 5.73 Å². The number of benzene rings is 2. The Hall–Kier alpha value is -2.44. The number of halogens is 1. The van der Waals surface area contributed by atoms with Gasteiger partial charge >= 0.3 is 0 Å². The van der Waals surface area contributed by atoms with E-state index in [1.54, 1.807) is 21.3 Å². The van der Waals surface area contributed by atoms with Crippen LogP contribution < -0.4 is 19.9 Å². The molecule has 29 heavy (non-hydrogen) atoms. The third kappa shape index (κ3) is 5.14.